The fourth-order valence-electron chi connectivity index (χ4n) is 0.788. The zero-order chi connectivity index (χ0) is 10.9. The van der Waals surface area contributed by atoms with Gasteiger partial charge in [0.05, 0.1) is 0 Å². The maximum atomic E-state index is 11.6. The third-order valence-electron chi connectivity index (χ3n) is 1.54. The van der Waals surface area contributed by atoms with E-state index in [9.17, 15) is 8.42 Å². The van der Waals surface area contributed by atoms with Crippen LogP contribution in [0.4, 0.5) is 0 Å². The van der Waals surface area contributed by atoms with Gasteiger partial charge in [0.25, 0.3) is 0 Å². The largest absolute Gasteiger partial charge is 0.245 e. The normalized spacial score (nSPS) is 12.1. The Labute approximate surface area is 92.5 Å². The van der Waals surface area contributed by atoms with Gasteiger partial charge in [-0.25, -0.2) is 17.7 Å². The van der Waals surface area contributed by atoms with Gasteiger partial charge >= 0.3 is 0 Å². The first-order valence-electron chi connectivity index (χ1n) is 3.60. The van der Waals surface area contributed by atoms with Crippen molar-refractivity contribution in [2.24, 2.45) is 0 Å². The van der Waals surface area contributed by atoms with Crippen LogP contribution in [0.2, 0.25) is 10.3 Å². The molecule has 0 fully saturated rings. The minimum Gasteiger partial charge on any atom is -0.223 e. The van der Waals surface area contributed by atoms with E-state index in [4.69, 9.17) is 23.2 Å². The second kappa shape index (κ2) is 4.02. The van der Waals surface area contributed by atoms with Gasteiger partial charge < -0.3 is 0 Å². The molecule has 4 nitrogen and oxygen atoms in total. The standard InChI is InChI=1S/C7H8Cl2N2O2S/c1-11(2)14(12,13)5-3-4-6(8)10-7(5)9/h3-4H,1-2H3. The molecule has 0 unspecified atom stereocenters. The fraction of sp³-hybridized carbons (Fsp3) is 0.286. The first-order chi connectivity index (χ1) is 6.35. The van der Waals surface area contributed by atoms with E-state index in [0.717, 1.165) is 4.31 Å². The van der Waals surface area contributed by atoms with Crippen molar-refractivity contribution >= 4 is 33.2 Å². The van der Waals surface area contributed by atoms with Gasteiger partial charge in [-0.1, -0.05) is 23.2 Å². The molecule has 0 saturated heterocycles. The second-order valence-corrected chi connectivity index (χ2v) is 5.58. The number of halogens is 2. The van der Waals surface area contributed by atoms with Crippen LogP contribution in [-0.4, -0.2) is 31.8 Å². The molecular formula is C7H8Cl2N2O2S. The van der Waals surface area contributed by atoms with Crippen molar-refractivity contribution in [1.82, 2.24) is 9.29 Å². The lowest BCUT2D eigenvalue weighted by atomic mass is 10.5. The molecule has 0 N–H and O–H groups in total. The van der Waals surface area contributed by atoms with E-state index >= 15 is 0 Å². The zero-order valence-electron chi connectivity index (χ0n) is 7.53. The van der Waals surface area contributed by atoms with Gasteiger partial charge in [0, 0.05) is 14.1 Å². The molecule has 0 atom stereocenters. The van der Waals surface area contributed by atoms with Crippen molar-refractivity contribution in [3.8, 4) is 0 Å². The lowest BCUT2D eigenvalue weighted by Gasteiger charge is -2.11. The van der Waals surface area contributed by atoms with Crippen molar-refractivity contribution < 1.29 is 8.42 Å². The Morgan fingerprint density at radius 1 is 1.29 bits per heavy atom. The Kier molecular flexibility index (Phi) is 3.36. The van der Waals surface area contributed by atoms with Gasteiger partial charge in [-0.05, 0) is 12.1 Å². The van der Waals surface area contributed by atoms with E-state index in [0.29, 0.717) is 0 Å². The molecule has 1 heterocycles. The van der Waals surface area contributed by atoms with Gasteiger partial charge in [0.1, 0.15) is 10.0 Å². The lowest BCUT2D eigenvalue weighted by Crippen LogP contribution is -2.22. The highest BCUT2D eigenvalue weighted by molar-refractivity contribution is 7.89. The van der Waals surface area contributed by atoms with Crippen LogP contribution < -0.4 is 0 Å². The molecule has 0 aromatic carbocycles. The number of aromatic nitrogens is 1. The van der Waals surface area contributed by atoms with E-state index < -0.39 is 10.0 Å². The molecule has 0 aliphatic carbocycles. The van der Waals surface area contributed by atoms with Crippen molar-refractivity contribution in [3.63, 3.8) is 0 Å². The SMILES string of the molecule is CN(C)S(=O)(=O)c1ccc(Cl)nc1Cl. The van der Waals surface area contributed by atoms with Gasteiger partial charge in [-0.3, -0.25) is 0 Å². The maximum Gasteiger partial charge on any atom is 0.245 e. The summed E-state index contributed by atoms with van der Waals surface area (Å²) >= 11 is 11.2. The average Bonchev–Trinajstić information content (AvgIpc) is 2.02. The summed E-state index contributed by atoms with van der Waals surface area (Å²) in [4.78, 5) is 3.60. The Morgan fingerprint density at radius 3 is 2.29 bits per heavy atom. The van der Waals surface area contributed by atoms with Crippen molar-refractivity contribution in [3.05, 3.63) is 22.4 Å². The smallest absolute Gasteiger partial charge is 0.223 e. The molecule has 1 aromatic rings. The van der Waals surface area contributed by atoms with Crippen molar-refractivity contribution in [1.29, 1.82) is 0 Å². The zero-order valence-corrected chi connectivity index (χ0v) is 9.86. The highest BCUT2D eigenvalue weighted by atomic mass is 35.5. The highest BCUT2D eigenvalue weighted by Crippen LogP contribution is 2.23. The van der Waals surface area contributed by atoms with Crippen LogP contribution in [-0.2, 0) is 10.0 Å². The predicted molar refractivity (Wildman–Crippen MR) is 55.1 cm³/mol. The average molecular weight is 255 g/mol. The summed E-state index contributed by atoms with van der Waals surface area (Å²) in [5.74, 6) is 0. The van der Waals surface area contributed by atoms with Crippen LogP contribution in [0.25, 0.3) is 0 Å². The summed E-state index contributed by atoms with van der Waals surface area (Å²) in [6.07, 6.45) is 0. The van der Waals surface area contributed by atoms with Crippen LogP contribution in [0.15, 0.2) is 17.0 Å². The van der Waals surface area contributed by atoms with Crippen LogP contribution in [0, 0.1) is 0 Å². The van der Waals surface area contributed by atoms with Gasteiger partial charge in [-0.15, -0.1) is 0 Å². The van der Waals surface area contributed by atoms with Crippen molar-refractivity contribution in [2.45, 2.75) is 4.90 Å². The minimum absolute atomic E-state index is 0.0476. The number of rotatable bonds is 2. The highest BCUT2D eigenvalue weighted by Gasteiger charge is 2.21. The summed E-state index contributed by atoms with van der Waals surface area (Å²) in [5.41, 5.74) is 0. The van der Waals surface area contributed by atoms with Gasteiger partial charge in [-0.2, -0.15) is 0 Å². The number of sulfonamides is 1. The molecule has 0 aliphatic rings. The van der Waals surface area contributed by atoms with Gasteiger partial charge in [0.2, 0.25) is 10.0 Å². The lowest BCUT2D eigenvalue weighted by molar-refractivity contribution is 0.520. The van der Waals surface area contributed by atoms with E-state index in [2.05, 4.69) is 4.98 Å². The summed E-state index contributed by atoms with van der Waals surface area (Å²) in [5, 5.41) is 0.0407. The summed E-state index contributed by atoms with van der Waals surface area (Å²) in [7, 11) is -0.710. The third kappa shape index (κ3) is 2.17. The Morgan fingerprint density at radius 2 is 1.86 bits per heavy atom. The quantitative estimate of drug-likeness (QED) is 0.755. The number of pyridine rings is 1. The molecule has 0 saturated carbocycles. The van der Waals surface area contributed by atoms with Gasteiger partial charge in [0.15, 0.2) is 5.15 Å². The Hall–Kier alpha value is -0.360. The molecule has 0 radical (unpaired) electrons. The Balaban J connectivity index is 3.35. The first kappa shape index (κ1) is 11.7. The van der Waals surface area contributed by atoms with E-state index in [1.807, 2.05) is 0 Å². The maximum absolute atomic E-state index is 11.6. The van der Waals surface area contributed by atoms with Crippen LogP contribution in [0.3, 0.4) is 0 Å². The van der Waals surface area contributed by atoms with E-state index in [1.54, 1.807) is 0 Å². The molecule has 78 valence electrons. The van der Waals surface area contributed by atoms with Crippen LogP contribution in [0.5, 0.6) is 0 Å². The van der Waals surface area contributed by atoms with Crippen molar-refractivity contribution in [2.75, 3.05) is 14.1 Å². The number of nitrogens with zero attached hydrogens (tertiary/aromatic N) is 2. The fourth-order valence-corrected chi connectivity index (χ4v) is 2.32. The van der Waals surface area contributed by atoms with E-state index in [1.165, 1.54) is 26.2 Å². The molecule has 7 heteroatoms. The monoisotopic (exact) mass is 254 g/mol. The molecule has 0 aliphatic heterocycles. The first-order valence-corrected chi connectivity index (χ1v) is 5.80. The third-order valence-corrected chi connectivity index (χ3v) is 4.00. The molecule has 0 spiro atoms. The molecular weight excluding hydrogens is 247 g/mol. The topological polar surface area (TPSA) is 50.3 Å². The molecule has 14 heavy (non-hydrogen) atoms. The van der Waals surface area contributed by atoms with Crippen LogP contribution >= 0.6 is 23.2 Å². The minimum atomic E-state index is -3.54. The summed E-state index contributed by atoms with van der Waals surface area (Å²) < 4.78 is 24.3. The molecule has 0 amide bonds. The summed E-state index contributed by atoms with van der Waals surface area (Å²) in [6, 6.07) is 2.71. The Bertz CT molecular complexity index is 445. The second-order valence-electron chi connectivity index (χ2n) is 2.71. The number of hydrogen-bond acceptors (Lipinski definition) is 3. The molecule has 1 aromatic heterocycles. The predicted octanol–water partition coefficient (Wildman–Crippen LogP) is 1.64. The molecule has 1 rings (SSSR count). The number of hydrogen-bond donors (Lipinski definition) is 0. The molecule has 0 bridgehead atoms. The van der Waals surface area contributed by atoms with Crippen LogP contribution in [0.1, 0.15) is 0 Å². The summed E-state index contributed by atoms with van der Waals surface area (Å²) in [6.45, 7) is 0. The van der Waals surface area contributed by atoms with E-state index in [-0.39, 0.29) is 15.2 Å².